The van der Waals surface area contributed by atoms with E-state index in [1.54, 1.807) is 32.4 Å². The van der Waals surface area contributed by atoms with Crippen LogP contribution in [0.2, 0.25) is 0 Å². The van der Waals surface area contributed by atoms with Crippen LogP contribution in [0.4, 0.5) is 0 Å². The van der Waals surface area contributed by atoms with Crippen LogP contribution in [0, 0.1) is 13.8 Å². The van der Waals surface area contributed by atoms with E-state index in [0.717, 1.165) is 17.0 Å². The van der Waals surface area contributed by atoms with Gasteiger partial charge >= 0.3 is 5.97 Å². The van der Waals surface area contributed by atoms with Gasteiger partial charge in [0.05, 0.1) is 12.1 Å². The summed E-state index contributed by atoms with van der Waals surface area (Å²) in [6.45, 7) is 10.8. The smallest absolute Gasteiger partial charge is 0.328 e. The summed E-state index contributed by atoms with van der Waals surface area (Å²) in [6.07, 6.45) is 0.207. The Hall–Kier alpha value is -1.85. The third-order valence-electron chi connectivity index (χ3n) is 3.13. The van der Waals surface area contributed by atoms with Crippen LogP contribution in [0.25, 0.3) is 0 Å². The van der Waals surface area contributed by atoms with E-state index in [2.05, 4.69) is 10.4 Å². The van der Waals surface area contributed by atoms with E-state index in [1.807, 2.05) is 20.9 Å². The number of amides is 1. The van der Waals surface area contributed by atoms with Crippen LogP contribution in [0.15, 0.2) is 0 Å². The number of nitrogens with one attached hydrogen (secondary N) is 1. The molecule has 1 amide bonds. The SMILES string of the molecule is Cc1nn(C)c(C)c1CC(=O)N[C@H](C)C(=O)OC(C)(C)C. The minimum Gasteiger partial charge on any atom is -0.458 e. The molecule has 21 heavy (non-hydrogen) atoms. The van der Waals surface area contributed by atoms with Crippen LogP contribution >= 0.6 is 0 Å². The van der Waals surface area contributed by atoms with E-state index in [9.17, 15) is 9.59 Å². The number of rotatable bonds is 4. The number of hydrogen-bond donors (Lipinski definition) is 1. The first-order valence-electron chi connectivity index (χ1n) is 7.02. The van der Waals surface area contributed by atoms with Gasteiger partial charge in [0.15, 0.2) is 0 Å². The highest BCUT2D eigenvalue weighted by Crippen LogP contribution is 2.13. The van der Waals surface area contributed by atoms with Crippen molar-refractivity contribution < 1.29 is 14.3 Å². The Bertz CT molecular complexity index is 541. The molecule has 1 aromatic rings. The molecule has 118 valence electrons. The molecule has 0 aromatic carbocycles. The van der Waals surface area contributed by atoms with Gasteiger partial charge in [-0.25, -0.2) is 4.79 Å². The molecule has 0 aliphatic heterocycles. The van der Waals surface area contributed by atoms with E-state index in [1.165, 1.54) is 0 Å². The number of esters is 1. The van der Waals surface area contributed by atoms with E-state index in [-0.39, 0.29) is 12.3 Å². The van der Waals surface area contributed by atoms with Crippen molar-refractivity contribution in [1.82, 2.24) is 15.1 Å². The number of aryl methyl sites for hydroxylation is 2. The zero-order chi connectivity index (χ0) is 16.4. The molecule has 0 aliphatic rings. The summed E-state index contributed by atoms with van der Waals surface area (Å²) in [5.41, 5.74) is 2.11. The molecule has 0 bridgehead atoms. The molecule has 0 saturated heterocycles. The molecule has 0 fully saturated rings. The minimum atomic E-state index is -0.672. The van der Waals surface area contributed by atoms with Crippen LogP contribution in [-0.4, -0.2) is 33.3 Å². The average Bonchev–Trinajstić information content (AvgIpc) is 2.53. The van der Waals surface area contributed by atoms with Crippen molar-refractivity contribution in [1.29, 1.82) is 0 Å². The molecule has 1 aromatic heterocycles. The second kappa shape index (κ2) is 6.28. The highest BCUT2D eigenvalue weighted by molar-refractivity contribution is 5.85. The lowest BCUT2D eigenvalue weighted by Gasteiger charge is -2.22. The summed E-state index contributed by atoms with van der Waals surface area (Å²) in [7, 11) is 1.84. The Morgan fingerprint density at radius 2 is 1.90 bits per heavy atom. The quantitative estimate of drug-likeness (QED) is 0.853. The summed E-state index contributed by atoms with van der Waals surface area (Å²) in [5.74, 6) is -0.650. The Balaban J connectivity index is 2.63. The van der Waals surface area contributed by atoms with Crippen LogP contribution in [-0.2, 0) is 27.8 Å². The highest BCUT2D eigenvalue weighted by Gasteiger charge is 2.23. The second-order valence-electron chi connectivity index (χ2n) is 6.27. The average molecular weight is 295 g/mol. The fourth-order valence-corrected chi connectivity index (χ4v) is 1.98. The van der Waals surface area contributed by atoms with Gasteiger partial charge in [-0.15, -0.1) is 0 Å². The van der Waals surface area contributed by atoms with Gasteiger partial charge in [0.2, 0.25) is 5.91 Å². The molecule has 1 atom stereocenters. The van der Waals surface area contributed by atoms with Crippen molar-refractivity contribution in [3.63, 3.8) is 0 Å². The lowest BCUT2D eigenvalue weighted by atomic mass is 10.1. The molecule has 1 rings (SSSR count). The van der Waals surface area contributed by atoms with Crippen LogP contribution in [0.1, 0.15) is 44.6 Å². The zero-order valence-electron chi connectivity index (χ0n) is 13.9. The molecule has 1 heterocycles. The largest absolute Gasteiger partial charge is 0.458 e. The Morgan fingerprint density at radius 1 is 1.33 bits per heavy atom. The number of hydrogen-bond acceptors (Lipinski definition) is 4. The monoisotopic (exact) mass is 295 g/mol. The van der Waals surface area contributed by atoms with Gasteiger partial charge < -0.3 is 10.1 Å². The third kappa shape index (κ3) is 4.88. The Labute approximate surface area is 125 Å². The number of nitrogens with zero attached hydrogens (tertiary/aromatic N) is 2. The number of aromatic nitrogens is 2. The predicted molar refractivity (Wildman–Crippen MR) is 79.8 cm³/mol. The summed E-state index contributed by atoms with van der Waals surface area (Å²) in [6, 6.07) is -0.672. The second-order valence-corrected chi connectivity index (χ2v) is 6.27. The van der Waals surface area contributed by atoms with E-state index in [0.29, 0.717) is 0 Å². The van der Waals surface area contributed by atoms with Gasteiger partial charge in [0.25, 0.3) is 0 Å². The maximum atomic E-state index is 12.1. The number of carbonyl (C=O) groups is 2. The normalized spacial score (nSPS) is 12.9. The molecule has 0 radical (unpaired) electrons. The fourth-order valence-electron chi connectivity index (χ4n) is 1.98. The summed E-state index contributed by atoms with van der Waals surface area (Å²) in [5, 5.41) is 6.94. The first-order valence-corrected chi connectivity index (χ1v) is 7.02. The van der Waals surface area contributed by atoms with E-state index in [4.69, 9.17) is 4.74 Å². The molecule has 0 saturated carbocycles. The zero-order valence-corrected chi connectivity index (χ0v) is 13.9. The van der Waals surface area contributed by atoms with Crippen molar-refractivity contribution in [2.45, 2.75) is 59.6 Å². The van der Waals surface area contributed by atoms with Gasteiger partial charge in [-0.2, -0.15) is 5.10 Å². The Kier molecular flexibility index (Phi) is 5.15. The fraction of sp³-hybridized carbons (Fsp3) is 0.667. The lowest BCUT2D eigenvalue weighted by Crippen LogP contribution is -2.42. The Morgan fingerprint density at radius 3 is 2.33 bits per heavy atom. The van der Waals surface area contributed by atoms with Crippen molar-refractivity contribution in [3.8, 4) is 0 Å². The number of ether oxygens (including phenoxy) is 1. The highest BCUT2D eigenvalue weighted by atomic mass is 16.6. The van der Waals surface area contributed by atoms with Crippen LogP contribution < -0.4 is 5.32 Å². The first-order chi connectivity index (χ1) is 9.51. The van der Waals surface area contributed by atoms with Gasteiger partial charge in [-0.3, -0.25) is 9.48 Å². The van der Waals surface area contributed by atoms with Crippen molar-refractivity contribution >= 4 is 11.9 Å². The maximum absolute atomic E-state index is 12.1. The molecule has 1 N–H and O–H groups in total. The van der Waals surface area contributed by atoms with Gasteiger partial charge in [-0.1, -0.05) is 0 Å². The molecule has 6 heteroatoms. The first kappa shape index (κ1) is 17.2. The minimum absolute atomic E-state index is 0.207. The van der Waals surface area contributed by atoms with Crippen molar-refractivity contribution in [2.24, 2.45) is 7.05 Å². The van der Waals surface area contributed by atoms with E-state index >= 15 is 0 Å². The number of carbonyl (C=O) groups excluding carboxylic acids is 2. The molecular formula is C15H25N3O3. The molecule has 6 nitrogen and oxygen atoms in total. The van der Waals surface area contributed by atoms with Gasteiger partial charge in [0.1, 0.15) is 11.6 Å². The maximum Gasteiger partial charge on any atom is 0.328 e. The van der Waals surface area contributed by atoms with Gasteiger partial charge in [0, 0.05) is 18.3 Å². The van der Waals surface area contributed by atoms with Crippen LogP contribution in [0.3, 0.4) is 0 Å². The van der Waals surface area contributed by atoms with Crippen molar-refractivity contribution in [3.05, 3.63) is 17.0 Å². The van der Waals surface area contributed by atoms with Crippen molar-refractivity contribution in [2.75, 3.05) is 0 Å². The lowest BCUT2D eigenvalue weighted by molar-refractivity contribution is -0.158. The third-order valence-corrected chi connectivity index (χ3v) is 3.13. The molecule has 0 spiro atoms. The summed E-state index contributed by atoms with van der Waals surface area (Å²) >= 11 is 0. The van der Waals surface area contributed by atoms with Gasteiger partial charge in [-0.05, 0) is 41.5 Å². The standard InChI is InChI=1S/C15H25N3O3/c1-9-12(11(3)18(7)17-9)8-13(19)16-10(2)14(20)21-15(4,5)6/h10H,8H2,1-7H3,(H,16,19)/t10-/m1/s1. The molecular weight excluding hydrogens is 270 g/mol. The van der Waals surface area contributed by atoms with Crippen LogP contribution in [0.5, 0.6) is 0 Å². The summed E-state index contributed by atoms with van der Waals surface area (Å²) in [4.78, 5) is 23.9. The summed E-state index contributed by atoms with van der Waals surface area (Å²) < 4.78 is 6.98. The molecule has 0 unspecified atom stereocenters. The van der Waals surface area contributed by atoms with E-state index < -0.39 is 17.6 Å². The predicted octanol–water partition coefficient (Wildman–Crippen LogP) is 1.43. The molecule has 0 aliphatic carbocycles. The topological polar surface area (TPSA) is 73.2 Å².